The van der Waals surface area contributed by atoms with Gasteiger partial charge in [-0.3, -0.25) is 0 Å². The molecule has 1 aliphatic carbocycles. The Morgan fingerprint density at radius 1 is 1.36 bits per heavy atom. The monoisotopic (exact) mass is 222 g/mol. The first-order valence-corrected chi connectivity index (χ1v) is 4.58. The summed E-state index contributed by atoms with van der Waals surface area (Å²) in [5.74, 6) is -1.30. The van der Waals surface area contributed by atoms with Gasteiger partial charge in [-0.05, 0) is 24.0 Å². The van der Waals surface area contributed by atoms with Gasteiger partial charge >= 0.3 is 0 Å². The van der Waals surface area contributed by atoms with Crippen molar-refractivity contribution in [1.29, 1.82) is 0 Å². The molecule has 0 spiro atoms. The third-order valence-corrected chi connectivity index (χ3v) is 2.60. The molecule has 0 aliphatic heterocycles. The second-order valence-corrected chi connectivity index (χ2v) is 3.35. The van der Waals surface area contributed by atoms with Crippen LogP contribution in [0.1, 0.15) is 6.92 Å². The third-order valence-electron chi connectivity index (χ3n) is 1.85. The smallest absolute Gasteiger partial charge is 0.154 e. The van der Waals surface area contributed by atoms with Crippen LogP contribution in [-0.2, 0) is 0 Å². The van der Waals surface area contributed by atoms with E-state index in [1.165, 1.54) is 12.2 Å². The Labute approximate surface area is 73.1 Å². The molecule has 0 aromatic rings. The molecule has 0 amide bonds. The number of halogens is 3. The molecule has 1 rings (SSSR count). The Hall–Kier alpha value is -0.180. The molecule has 0 aromatic heterocycles. The normalized spacial score (nSPS) is 31.3. The van der Waals surface area contributed by atoms with Gasteiger partial charge in [0.15, 0.2) is 11.7 Å². The number of alkyl halides is 1. The van der Waals surface area contributed by atoms with E-state index in [1.807, 2.05) is 6.92 Å². The fourth-order valence-electron chi connectivity index (χ4n) is 1.04. The lowest BCUT2D eigenvalue weighted by Gasteiger charge is -2.18. The summed E-state index contributed by atoms with van der Waals surface area (Å²) in [5.41, 5.74) is 0. The maximum Gasteiger partial charge on any atom is 0.154 e. The van der Waals surface area contributed by atoms with Crippen LogP contribution in [0.15, 0.2) is 23.8 Å². The molecule has 2 unspecified atom stereocenters. The zero-order chi connectivity index (χ0) is 8.43. The first-order chi connectivity index (χ1) is 5.15. The Kier molecular flexibility index (Phi) is 2.82. The van der Waals surface area contributed by atoms with Crippen LogP contribution >= 0.6 is 15.9 Å². The summed E-state index contributed by atoms with van der Waals surface area (Å²) >= 11 is 3.24. The highest BCUT2D eigenvalue weighted by atomic mass is 79.9. The second-order valence-electron chi connectivity index (χ2n) is 2.71. The van der Waals surface area contributed by atoms with Gasteiger partial charge in [0.25, 0.3) is 0 Å². The van der Waals surface area contributed by atoms with Crippen molar-refractivity contribution in [3.63, 3.8) is 0 Å². The highest BCUT2D eigenvalue weighted by Crippen LogP contribution is 2.29. The van der Waals surface area contributed by atoms with E-state index >= 15 is 0 Å². The summed E-state index contributed by atoms with van der Waals surface area (Å²) in [4.78, 5) is 0. The lowest BCUT2D eigenvalue weighted by molar-refractivity contribution is 0.466. The van der Waals surface area contributed by atoms with Gasteiger partial charge < -0.3 is 0 Å². The van der Waals surface area contributed by atoms with Crippen LogP contribution in [0.2, 0.25) is 0 Å². The van der Waals surface area contributed by atoms with Crippen molar-refractivity contribution < 1.29 is 8.78 Å². The summed E-state index contributed by atoms with van der Waals surface area (Å²) in [5, 5.41) is 0.672. The molecule has 0 saturated carbocycles. The Morgan fingerprint density at radius 3 is 2.45 bits per heavy atom. The standard InChI is InChI=1S/C8H9BrF2/c1-5-2-7(10)8(11)3-6(5)4-9/h2-3,5-6H,4H2,1H3. The minimum absolute atomic E-state index is 0.0777. The van der Waals surface area contributed by atoms with Gasteiger partial charge in [-0.2, -0.15) is 0 Å². The maximum atomic E-state index is 12.6. The minimum atomic E-state index is -0.729. The van der Waals surface area contributed by atoms with E-state index < -0.39 is 11.7 Å². The zero-order valence-corrected chi connectivity index (χ0v) is 7.74. The average Bonchev–Trinajstić information content (AvgIpc) is 1.97. The van der Waals surface area contributed by atoms with E-state index in [4.69, 9.17) is 0 Å². The van der Waals surface area contributed by atoms with Crippen LogP contribution in [-0.4, -0.2) is 5.33 Å². The van der Waals surface area contributed by atoms with Gasteiger partial charge in [0, 0.05) is 5.33 Å². The van der Waals surface area contributed by atoms with E-state index in [-0.39, 0.29) is 11.8 Å². The minimum Gasteiger partial charge on any atom is -0.204 e. The van der Waals surface area contributed by atoms with Gasteiger partial charge in [-0.25, -0.2) is 8.78 Å². The fraction of sp³-hybridized carbons (Fsp3) is 0.500. The fourth-order valence-corrected chi connectivity index (χ4v) is 1.81. The molecule has 11 heavy (non-hydrogen) atoms. The Balaban J connectivity index is 2.79. The molecule has 0 heterocycles. The van der Waals surface area contributed by atoms with Gasteiger partial charge in [0.2, 0.25) is 0 Å². The predicted octanol–water partition coefficient (Wildman–Crippen LogP) is 3.35. The summed E-state index contributed by atoms with van der Waals surface area (Å²) in [7, 11) is 0. The van der Waals surface area contributed by atoms with E-state index in [2.05, 4.69) is 15.9 Å². The van der Waals surface area contributed by atoms with Gasteiger partial charge in [0.1, 0.15) is 0 Å². The number of allylic oxidation sites excluding steroid dienone is 4. The van der Waals surface area contributed by atoms with Crippen LogP contribution in [0.5, 0.6) is 0 Å². The molecular weight excluding hydrogens is 214 g/mol. The van der Waals surface area contributed by atoms with Crippen molar-refractivity contribution in [2.45, 2.75) is 6.92 Å². The SMILES string of the molecule is CC1C=C(F)C(F)=CC1CBr. The largest absolute Gasteiger partial charge is 0.204 e. The molecule has 0 N–H and O–H groups in total. The predicted molar refractivity (Wildman–Crippen MR) is 44.8 cm³/mol. The molecule has 0 nitrogen and oxygen atoms in total. The first kappa shape index (κ1) is 8.91. The lowest BCUT2D eigenvalue weighted by Crippen LogP contribution is -2.12. The molecule has 2 atom stereocenters. The number of rotatable bonds is 1. The molecule has 62 valence electrons. The van der Waals surface area contributed by atoms with Crippen molar-refractivity contribution >= 4 is 15.9 Å². The second kappa shape index (κ2) is 3.48. The van der Waals surface area contributed by atoms with Crippen LogP contribution in [0.4, 0.5) is 8.78 Å². The molecule has 0 saturated heterocycles. The lowest BCUT2D eigenvalue weighted by atomic mass is 9.91. The van der Waals surface area contributed by atoms with Crippen molar-refractivity contribution in [3.8, 4) is 0 Å². The van der Waals surface area contributed by atoms with Gasteiger partial charge in [-0.1, -0.05) is 22.9 Å². The first-order valence-electron chi connectivity index (χ1n) is 3.46. The van der Waals surface area contributed by atoms with Crippen molar-refractivity contribution in [1.82, 2.24) is 0 Å². The molecule has 0 bridgehead atoms. The Bertz CT molecular complexity index is 208. The molecule has 0 radical (unpaired) electrons. The number of hydrogen-bond acceptors (Lipinski definition) is 0. The summed E-state index contributed by atoms with van der Waals surface area (Å²) < 4.78 is 25.1. The molecule has 3 heteroatoms. The van der Waals surface area contributed by atoms with Crippen LogP contribution in [0.3, 0.4) is 0 Å². The highest BCUT2D eigenvalue weighted by Gasteiger charge is 2.20. The summed E-state index contributed by atoms with van der Waals surface area (Å²) in [6.45, 7) is 1.87. The van der Waals surface area contributed by atoms with Crippen LogP contribution in [0.25, 0.3) is 0 Å². The molecule has 0 aromatic carbocycles. The molecule has 1 aliphatic rings. The summed E-state index contributed by atoms with van der Waals surface area (Å²) in [6.07, 6.45) is 2.65. The maximum absolute atomic E-state index is 12.6. The highest BCUT2D eigenvalue weighted by molar-refractivity contribution is 9.09. The van der Waals surface area contributed by atoms with E-state index in [1.54, 1.807) is 0 Å². The Morgan fingerprint density at radius 2 is 1.91 bits per heavy atom. The number of hydrogen-bond donors (Lipinski definition) is 0. The van der Waals surface area contributed by atoms with Crippen LogP contribution in [0, 0.1) is 11.8 Å². The van der Waals surface area contributed by atoms with Gasteiger partial charge in [0.05, 0.1) is 0 Å². The third kappa shape index (κ3) is 1.89. The summed E-state index contributed by atoms with van der Waals surface area (Å²) in [6, 6.07) is 0. The quantitative estimate of drug-likeness (QED) is 0.598. The molecule has 0 fully saturated rings. The van der Waals surface area contributed by atoms with Crippen molar-refractivity contribution in [2.75, 3.05) is 5.33 Å². The van der Waals surface area contributed by atoms with E-state index in [9.17, 15) is 8.78 Å². The van der Waals surface area contributed by atoms with E-state index in [0.29, 0.717) is 5.33 Å². The van der Waals surface area contributed by atoms with Crippen molar-refractivity contribution in [2.24, 2.45) is 11.8 Å². The van der Waals surface area contributed by atoms with Gasteiger partial charge in [-0.15, -0.1) is 0 Å². The van der Waals surface area contributed by atoms with E-state index in [0.717, 1.165) is 0 Å². The topological polar surface area (TPSA) is 0 Å². The van der Waals surface area contributed by atoms with Crippen molar-refractivity contribution in [3.05, 3.63) is 23.8 Å². The zero-order valence-electron chi connectivity index (χ0n) is 6.15. The average molecular weight is 223 g/mol. The molecular formula is C8H9BrF2. The van der Waals surface area contributed by atoms with Crippen LogP contribution < -0.4 is 0 Å².